The monoisotopic (exact) mass is 467 g/mol. The highest BCUT2D eigenvalue weighted by Gasteiger charge is 2.26. The number of aromatic nitrogens is 3. The molecule has 31 heavy (non-hydrogen) atoms. The molecule has 0 fully saturated rings. The van der Waals surface area contributed by atoms with E-state index >= 15 is 0 Å². The molecule has 0 spiro atoms. The fourth-order valence-electron chi connectivity index (χ4n) is 4.57. The Labute approximate surface area is 187 Å². The van der Waals surface area contributed by atoms with Gasteiger partial charge in [0.2, 0.25) is 0 Å². The predicted molar refractivity (Wildman–Crippen MR) is 128 cm³/mol. The van der Waals surface area contributed by atoms with Gasteiger partial charge in [-0.25, -0.2) is 9.67 Å². The molecular weight excluding hydrogens is 450 g/mol. The number of aromatic amines is 1. The van der Waals surface area contributed by atoms with Crippen LogP contribution in [0.2, 0.25) is 0 Å². The smallest absolute Gasteiger partial charge is 0.274 e. The van der Waals surface area contributed by atoms with Crippen molar-refractivity contribution in [1.29, 1.82) is 0 Å². The van der Waals surface area contributed by atoms with Gasteiger partial charge in [0, 0.05) is 15.6 Å². The molecule has 0 bridgehead atoms. The molecule has 6 rings (SSSR count). The molecule has 2 aromatic heterocycles. The quantitative estimate of drug-likeness (QED) is 0.350. The largest absolute Gasteiger partial charge is 0.281 e. The van der Waals surface area contributed by atoms with E-state index in [9.17, 15) is 4.79 Å². The fraction of sp³-hybridized carbons (Fsp3) is 0.0769. The van der Waals surface area contributed by atoms with Crippen LogP contribution in [-0.4, -0.2) is 14.8 Å². The molecule has 3 aromatic carbocycles. The number of hydrogen-bond donors (Lipinski definition) is 1. The van der Waals surface area contributed by atoms with Crippen LogP contribution in [0.25, 0.3) is 39.1 Å². The minimum atomic E-state index is -0.0757. The number of H-pyrrole nitrogens is 1. The number of fused-ring (bicyclic) bond motifs is 4. The molecule has 2 heterocycles. The third kappa shape index (κ3) is 2.88. The van der Waals surface area contributed by atoms with Crippen LogP contribution in [0, 0.1) is 0 Å². The summed E-state index contributed by atoms with van der Waals surface area (Å²) in [6, 6.07) is 26.2. The van der Waals surface area contributed by atoms with Crippen molar-refractivity contribution in [3.8, 4) is 28.1 Å². The first kappa shape index (κ1) is 18.3. The molecule has 1 aliphatic rings. The van der Waals surface area contributed by atoms with E-state index in [1.165, 1.54) is 5.56 Å². The van der Waals surface area contributed by atoms with Gasteiger partial charge in [-0.15, -0.1) is 0 Å². The van der Waals surface area contributed by atoms with Crippen LogP contribution < -0.4 is 5.56 Å². The normalized spacial score (nSPS) is 12.5. The van der Waals surface area contributed by atoms with Crippen molar-refractivity contribution in [1.82, 2.24) is 14.8 Å². The number of aryl methyl sites for hydroxylation is 1. The van der Waals surface area contributed by atoms with Gasteiger partial charge >= 0.3 is 0 Å². The molecule has 0 saturated heterocycles. The maximum absolute atomic E-state index is 13.6. The fourth-order valence-corrected chi connectivity index (χ4v) is 4.83. The van der Waals surface area contributed by atoms with Crippen LogP contribution in [0.5, 0.6) is 0 Å². The van der Waals surface area contributed by atoms with E-state index in [1.807, 2.05) is 42.5 Å². The molecular formula is C26H18BrN3O. The Morgan fingerprint density at radius 2 is 1.61 bits per heavy atom. The van der Waals surface area contributed by atoms with E-state index < -0.39 is 0 Å². The second-order valence-corrected chi connectivity index (χ2v) is 8.71. The summed E-state index contributed by atoms with van der Waals surface area (Å²) in [5.74, 6) is 0. The molecule has 5 heteroatoms. The summed E-state index contributed by atoms with van der Waals surface area (Å²) < 4.78 is 2.61. The molecule has 1 aliphatic carbocycles. The standard InChI is InChI=1S/C26H18BrN3O/c27-18-13-10-17(11-14-18)22-21-15-12-16-6-4-5-9-20(16)24(21)28-25-23(22)26(31)30(29-25)19-7-2-1-3-8-19/h1-11,13-14H,12,15H2,(H,28,29). The van der Waals surface area contributed by atoms with Crippen molar-refractivity contribution in [3.05, 3.63) is 105 Å². The van der Waals surface area contributed by atoms with E-state index in [4.69, 9.17) is 4.98 Å². The average Bonchev–Trinajstić information content (AvgIpc) is 3.15. The van der Waals surface area contributed by atoms with Crippen molar-refractivity contribution in [2.75, 3.05) is 0 Å². The molecule has 0 saturated carbocycles. The van der Waals surface area contributed by atoms with Crippen molar-refractivity contribution in [2.45, 2.75) is 12.8 Å². The first-order valence-electron chi connectivity index (χ1n) is 10.3. The van der Waals surface area contributed by atoms with Crippen LogP contribution in [-0.2, 0) is 12.8 Å². The van der Waals surface area contributed by atoms with Crippen LogP contribution in [0.1, 0.15) is 11.1 Å². The van der Waals surface area contributed by atoms with Gasteiger partial charge in [0.05, 0.1) is 16.8 Å². The van der Waals surface area contributed by atoms with E-state index in [-0.39, 0.29) is 5.56 Å². The summed E-state index contributed by atoms with van der Waals surface area (Å²) in [5, 5.41) is 3.91. The predicted octanol–water partition coefficient (Wildman–Crippen LogP) is 5.91. The second kappa shape index (κ2) is 7.06. The molecule has 0 unspecified atom stereocenters. The highest BCUT2D eigenvalue weighted by atomic mass is 79.9. The van der Waals surface area contributed by atoms with Gasteiger partial charge < -0.3 is 0 Å². The summed E-state index contributed by atoms with van der Waals surface area (Å²) in [6.07, 6.45) is 1.80. The Morgan fingerprint density at radius 3 is 2.42 bits per heavy atom. The number of para-hydroxylation sites is 1. The summed E-state index contributed by atoms with van der Waals surface area (Å²) >= 11 is 3.53. The average molecular weight is 468 g/mol. The van der Waals surface area contributed by atoms with E-state index in [1.54, 1.807) is 4.68 Å². The number of nitrogens with zero attached hydrogens (tertiary/aromatic N) is 2. The molecule has 0 aliphatic heterocycles. The molecule has 150 valence electrons. The van der Waals surface area contributed by atoms with Crippen molar-refractivity contribution >= 4 is 27.0 Å². The Hall–Kier alpha value is -3.44. The van der Waals surface area contributed by atoms with Crippen LogP contribution in [0.3, 0.4) is 0 Å². The molecule has 4 nitrogen and oxygen atoms in total. The first-order chi connectivity index (χ1) is 15.2. The number of nitrogens with one attached hydrogen (secondary N) is 1. The first-order valence-corrected chi connectivity index (χ1v) is 11.1. The van der Waals surface area contributed by atoms with Crippen LogP contribution in [0.15, 0.2) is 88.1 Å². The van der Waals surface area contributed by atoms with Gasteiger partial charge in [0.25, 0.3) is 5.56 Å². The topological polar surface area (TPSA) is 50.7 Å². The Kier molecular flexibility index (Phi) is 4.18. The third-order valence-corrected chi connectivity index (χ3v) is 6.53. The Bertz CT molecular complexity index is 1500. The van der Waals surface area contributed by atoms with Gasteiger partial charge in [0.1, 0.15) is 0 Å². The van der Waals surface area contributed by atoms with Gasteiger partial charge in [0.15, 0.2) is 5.65 Å². The summed E-state index contributed by atoms with van der Waals surface area (Å²) in [5.41, 5.74) is 7.91. The van der Waals surface area contributed by atoms with Crippen molar-refractivity contribution in [3.63, 3.8) is 0 Å². The third-order valence-electron chi connectivity index (χ3n) is 6.00. The van der Waals surface area contributed by atoms with E-state index in [0.29, 0.717) is 11.0 Å². The summed E-state index contributed by atoms with van der Waals surface area (Å²) in [7, 11) is 0. The minimum absolute atomic E-state index is 0.0757. The lowest BCUT2D eigenvalue weighted by Crippen LogP contribution is -2.15. The van der Waals surface area contributed by atoms with Crippen LogP contribution in [0.4, 0.5) is 0 Å². The molecule has 0 radical (unpaired) electrons. The zero-order chi connectivity index (χ0) is 20.9. The molecule has 0 atom stereocenters. The van der Waals surface area contributed by atoms with Crippen molar-refractivity contribution < 1.29 is 0 Å². The number of rotatable bonds is 2. The minimum Gasteiger partial charge on any atom is -0.274 e. The maximum Gasteiger partial charge on any atom is 0.281 e. The lowest BCUT2D eigenvalue weighted by Gasteiger charge is -2.22. The van der Waals surface area contributed by atoms with Crippen molar-refractivity contribution in [2.24, 2.45) is 0 Å². The second-order valence-electron chi connectivity index (χ2n) is 7.79. The van der Waals surface area contributed by atoms with E-state index in [2.05, 4.69) is 57.4 Å². The number of hydrogen-bond acceptors (Lipinski definition) is 2. The lowest BCUT2D eigenvalue weighted by atomic mass is 9.84. The number of halogens is 1. The maximum atomic E-state index is 13.6. The summed E-state index contributed by atoms with van der Waals surface area (Å²) in [4.78, 5) is 18.6. The van der Waals surface area contributed by atoms with Gasteiger partial charge in [-0.3, -0.25) is 9.89 Å². The highest BCUT2D eigenvalue weighted by molar-refractivity contribution is 9.10. The van der Waals surface area contributed by atoms with E-state index in [0.717, 1.165) is 50.9 Å². The molecule has 1 N–H and O–H groups in total. The highest BCUT2D eigenvalue weighted by Crippen LogP contribution is 2.40. The zero-order valence-electron chi connectivity index (χ0n) is 16.6. The SMILES string of the molecule is O=c1c2c(-c3ccc(Br)cc3)c3c(nc2[nH]n1-c1ccccc1)-c1ccccc1CC3. The van der Waals surface area contributed by atoms with Gasteiger partial charge in [-0.1, -0.05) is 70.5 Å². The Morgan fingerprint density at radius 1 is 0.871 bits per heavy atom. The molecule has 0 amide bonds. The van der Waals surface area contributed by atoms with Gasteiger partial charge in [-0.2, -0.15) is 0 Å². The Balaban J connectivity index is 1.74. The number of pyridine rings is 1. The summed E-state index contributed by atoms with van der Waals surface area (Å²) in [6.45, 7) is 0. The van der Waals surface area contributed by atoms with Crippen LogP contribution >= 0.6 is 15.9 Å². The molecule has 5 aromatic rings. The number of benzene rings is 3. The van der Waals surface area contributed by atoms with Gasteiger partial charge in [-0.05, 0) is 53.8 Å². The zero-order valence-corrected chi connectivity index (χ0v) is 18.2. The lowest BCUT2D eigenvalue weighted by molar-refractivity contribution is 0.858.